The van der Waals surface area contributed by atoms with Crippen molar-refractivity contribution in [1.82, 2.24) is 19.8 Å². The minimum atomic E-state index is -3.17. The Morgan fingerprint density at radius 1 is 1.04 bits per heavy atom. The maximum atomic E-state index is 15.2. The molecule has 1 amide bonds. The Balaban J connectivity index is 1.08. The molecule has 1 N–H and O–H groups in total. The third-order valence-electron chi connectivity index (χ3n) is 12.0. The molecule has 4 fully saturated rings. The Labute approximate surface area is 296 Å². The third kappa shape index (κ3) is 6.92. The zero-order valence-electron chi connectivity index (χ0n) is 29.6. The lowest BCUT2D eigenvalue weighted by atomic mass is 9.58. The van der Waals surface area contributed by atoms with Crippen molar-refractivity contribution in [2.24, 2.45) is 17.8 Å². The smallest absolute Gasteiger partial charge is 0.407 e. The number of alkyl carbamates (subject to hydrolysis) is 1. The van der Waals surface area contributed by atoms with E-state index in [0.717, 1.165) is 94.7 Å². The molecule has 0 bridgehead atoms. The van der Waals surface area contributed by atoms with E-state index in [-0.39, 0.29) is 34.9 Å². The third-order valence-corrected chi connectivity index (χ3v) is 14.3. The first-order chi connectivity index (χ1) is 24.1. The van der Waals surface area contributed by atoms with Gasteiger partial charge in [0.25, 0.3) is 0 Å². The second kappa shape index (κ2) is 14.3. The molecule has 1 aromatic heterocycles. The number of carbonyl (C=O) groups excluding carboxylic acids is 1. The molecular formula is C39H52FN5O4S. The number of nitrogens with one attached hydrogen (secondary N) is 1. The highest BCUT2D eigenvalue weighted by Crippen LogP contribution is 2.52. The van der Waals surface area contributed by atoms with Gasteiger partial charge in [-0.1, -0.05) is 32.4 Å². The summed E-state index contributed by atoms with van der Waals surface area (Å²) in [6.07, 6.45) is 9.86. The first-order valence-corrected chi connectivity index (χ1v) is 20.1. The summed E-state index contributed by atoms with van der Waals surface area (Å²) in [6, 6.07) is 14.6. The number of sulfone groups is 1. The Hall–Kier alpha value is -3.44. The van der Waals surface area contributed by atoms with Gasteiger partial charge in [-0.25, -0.2) is 22.6 Å². The van der Waals surface area contributed by atoms with Crippen LogP contribution in [-0.2, 0) is 26.5 Å². The minimum Gasteiger partial charge on any atom is -0.453 e. The quantitative estimate of drug-likeness (QED) is 0.233. The number of anilines is 1. The SMILES string of the molecule is COC(=O)N[C@H]1CCC[C@@H]1[C@](Cn1ccnc1C(C)C)(c1cccc(F)c1)C1CCN(CC2CN(c3ccc(S(=O)(=O)C4CC4)cc3)C2)CC1. The number of methoxy groups -OCH3 is 1. The molecule has 3 atom stereocenters. The highest BCUT2D eigenvalue weighted by Gasteiger charge is 2.52. The second-order valence-corrected chi connectivity index (χ2v) is 17.7. The number of benzene rings is 2. The molecular weight excluding hydrogens is 654 g/mol. The van der Waals surface area contributed by atoms with Crippen molar-refractivity contribution < 1.29 is 22.3 Å². The van der Waals surface area contributed by atoms with E-state index in [0.29, 0.717) is 17.4 Å². The van der Waals surface area contributed by atoms with Crippen LogP contribution in [0.5, 0.6) is 0 Å². The summed E-state index contributed by atoms with van der Waals surface area (Å²) in [5, 5.41) is 2.99. The highest BCUT2D eigenvalue weighted by molar-refractivity contribution is 7.92. The van der Waals surface area contributed by atoms with E-state index in [1.807, 2.05) is 24.4 Å². The number of halogens is 1. The van der Waals surface area contributed by atoms with Gasteiger partial charge in [0.2, 0.25) is 0 Å². The lowest BCUT2D eigenvalue weighted by molar-refractivity contribution is 0.0540. The molecule has 7 rings (SSSR count). The number of amides is 1. The van der Waals surface area contributed by atoms with Crippen LogP contribution in [0.25, 0.3) is 0 Å². The number of rotatable bonds is 12. The molecule has 50 heavy (non-hydrogen) atoms. The normalized spacial score (nSPS) is 23.5. The molecule has 0 radical (unpaired) electrons. The van der Waals surface area contributed by atoms with Gasteiger partial charge in [-0.05, 0) is 105 Å². The number of imidazole rings is 1. The van der Waals surface area contributed by atoms with E-state index < -0.39 is 21.3 Å². The molecule has 2 saturated heterocycles. The molecule has 2 saturated carbocycles. The van der Waals surface area contributed by atoms with Crippen molar-refractivity contribution >= 4 is 21.6 Å². The molecule has 11 heteroatoms. The largest absolute Gasteiger partial charge is 0.453 e. The van der Waals surface area contributed by atoms with Gasteiger partial charge >= 0.3 is 6.09 Å². The van der Waals surface area contributed by atoms with Crippen LogP contribution in [0.3, 0.4) is 0 Å². The van der Waals surface area contributed by atoms with E-state index in [2.05, 4.69) is 45.8 Å². The fourth-order valence-electron chi connectivity index (χ4n) is 9.37. The number of hydrogen-bond acceptors (Lipinski definition) is 7. The van der Waals surface area contributed by atoms with Crippen LogP contribution < -0.4 is 10.2 Å². The molecule has 2 aromatic carbocycles. The Morgan fingerprint density at radius 2 is 1.78 bits per heavy atom. The van der Waals surface area contributed by atoms with Gasteiger partial charge in [-0.3, -0.25) is 0 Å². The summed E-state index contributed by atoms with van der Waals surface area (Å²) in [6.45, 7) is 9.88. The monoisotopic (exact) mass is 705 g/mol. The van der Waals surface area contributed by atoms with Crippen LogP contribution in [0, 0.1) is 23.6 Å². The Kier molecular flexibility index (Phi) is 10.00. The maximum Gasteiger partial charge on any atom is 0.407 e. The standard InChI is InChI=1S/C39H52FN5O4S/c1-27(2)37-41-18-21-44(37)26-39(30-6-4-7-31(40)22-30,35-8-5-9-36(35)42-38(46)49-3)29-16-19-43(20-17-29)23-28-24-45(25-28)32-10-12-33(13-11-32)50(47,48)34-14-15-34/h4,6-7,10-13,18,21-22,27-29,34-36H,5,8-9,14-17,19-20,23-26H2,1-3H3,(H,42,46)/t35-,36-,39-/m0/s1. The zero-order chi connectivity index (χ0) is 35.0. The topological polar surface area (TPSA) is 96.8 Å². The maximum absolute atomic E-state index is 15.2. The first kappa shape index (κ1) is 35.0. The van der Waals surface area contributed by atoms with Crippen molar-refractivity contribution in [3.05, 3.63) is 78.1 Å². The summed E-state index contributed by atoms with van der Waals surface area (Å²) >= 11 is 0. The van der Waals surface area contributed by atoms with Gasteiger partial charge in [-0.2, -0.15) is 0 Å². The summed E-state index contributed by atoms with van der Waals surface area (Å²) in [5.74, 6) is 1.96. The van der Waals surface area contributed by atoms with Crippen LogP contribution in [0.2, 0.25) is 0 Å². The van der Waals surface area contributed by atoms with Gasteiger partial charge in [0.05, 0.1) is 17.3 Å². The van der Waals surface area contributed by atoms with E-state index in [1.165, 1.54) is 13.2 Å². The summed E-state index contributed by atoms with van der Waals surface area (Å²) in [4.78, 5) is 22.7. The van der Waals surface area contributed by atoms with Gasteiger partial charge in [0.1, 0.15) is 11.6 Å². The van der Waals surface area contributed by atoms with Gasteiger partial charge in [0.15, 0.2) is 9.84 Å². The predicted octanol–water partition coefficient (Wildman–Crippen LogP) is 6.39. The average molecular weight is 706 g/mol. The van der Waals surface area contributed by atoms with Gasteiger partial charge in [-0.15, -0.1) is 0 Å². The minimum absolute atomic E-state index is 0.0707. The molecule has 2 aliphatic heterocycles. The first-order valence-electron chi connectivity index (χ1n) is 18.5. The number of aromatic nitrogens is 2. The summed E-state index contributed by atoms with van der Waals surface area (Å²) < 4.78 is 47.8. The predicted molar refractivity (Wildman–Crippen MR) is 193 cm³/mol. The fourth-order valence-corrected chi connectivity index (χ4v) is 11.0. The Bertz CT molecular complexity index is 1750. The number of likely N-dealkylation sites (tertiary alicyclic amines) is 1. The number of ether oxygens (including phenoxy) is 1. The number of hydrogen-bond donors (Lipinski definition) is 1. The molecule has 3 heterocycles. The van der Waals surface area contributed by atoms with Crippen LogP contribution >= 0.6 is 0 Å². The van der Waals surface area contributed by atoms with Crippen LogP contribution in [-0.4, -0.2) is 80.1 Å². The molecule has 0 unspecified atom stereocenters. The van der Waals surface area contributed by atoms with E-state index in [1.54, 1.807) is 18.2 Å². The number of piperidine rings is 1. The van der Waals surface area contributed by atoms with Gasteiger partial charge < -0.3 is 24.4 Å². The second-order valence-electron chi connectivity index (χ2n) is 15.5. The van der Waals surface area contributed by atoms with Crippen LogP contribution in [0.4, 0.5) is 14.9 Å². The van der Waals surface area contributed by atoms with Gasteiger partial charge in [0, 0.05) is 67.6 Å². The fraction of sp³-hybridized carbons (Fsp3) is 0.590. The van der Waals surface area contributed by atoms with Crippen molar-refractivity contribution in [3.63, 3.8) is 0 Å². The highest BCUT2D eigenvalue weighted by atomic mass is 32.2. The molecule has 4 aliphatic rings. The van der Waals surface area contributed by atoms with E-state index >= 15 is 4.39 Å². The number of nitrogens with zero attached hydrogens (tertiary/aromatic N) is 4. The van der Waals surface area contributed by atoms with E-state index in [9.17, 15) is 13.2 Å². The average Bonchev–Trinajstić information content (AvgIpc) is 3.70. The van der Waals surface area contributed by atoms with E-state index in [4.69, 9.17) is 9.72 Å². The van der Waals surface area contributed by atoms with Crippen molar-refractivity contribution in [1.29, 1.82) is 0 Å². The Morgan fingerprint density at radius 3 is 2.44 bits per heavy atom. The van der Waals surface area contributed by atoms with Crippen molar-refractivity contribution in [2.45, 2.75) is 92.9 Å². The molecule has 3 aromatic rings. The molecule has 270 valence electrons. The van der Waals surface area contributed by atoms with Crippen molar-refractivity contribution in [2.75, 3.05) is 44.7 Å². The summed E-state index contributed by atoms with van der Waals surface area (Å²) in [7, 11) is -1.76. The molecule has 9 nitrogen and oxygen atoms in total. The molecule has 2 aliphatic carbocycles. The summed E-state index contributed by atoms with van der Waals surface area (Å²) in [5.41, 5.74) is 1.67. The zero-order valence-corrected chi connectivity index (χ0v) is 30.5. The molecule has 0 spiro atoms. The lowest BCUT2D eigenvalue weighted by Crippen LogP contribution is -2.56. The van der Waals surface area contributed by atoms with Crippen LogP contribution in [0.1, 0.15) is 76.1 Å². The van der Waals surface area contributed by atoms with Crippen LogP contribution in [0.15, 0.2) is 65.8 Å². The number of carbonyl (C=O) groups is 1. The van der Waals surface area contributed by atoms with Crippen molar-refractivity contribution in [3.8, 4) is 0 Å². The lowest BCUT2D eigenvalue weighted by Gasteiger charge is -2.51.